The Labute approximate surface area is 125 Å². The second-order valence-electron chi connectivity index (χ2n) is 4.23. The van der Waals surface area contributed by atoms with Gasteiger partial charge < -0.3 is 15.2 Å². The molecule has 0 aromatic heterocycles. The summed E-state index contributed by atoms with van der Waals surface area (Å²) in [7, 11) is 1.44. The van der Waals surface area contributed by atoms with Gasteiger partial charge in [0.25, 0.3) is 0 Å². The van der Waals surface area contributed by atoms with Crippen LogP contribution in [0.2, 0.25) is 0 Å². The molecular weight excluding hydrogens is 325 g/mol. The molecule has 0 atom stereocenters. The fourth-order valence-corrected chi connectivity index (χ4v) is 2.29. The molecule has 20 heavy (non-hydrogen) atoms. The van der Waals surface area contributed by atoms with E-state index < -0.39 is 5.82 Å². The van der Waals surface area contributed by atoms with Crippen molar-refractivity contribution in [2.75, 3.05) is 7.11 Å². The van der Waals surface area contributed by atoms with E-state index >= 15 is 0 Å². The third kappa shape index (κ3) is 3.49. The molecule has 0 bridgehead atoms. The van der Waals surface area contributed by atoms with Crippen molar-refractivity contribution in [1.82, 2.24) is 0 Å². The lowest BCUT2D eigenvalue weighted by Gasteiger charge is -2.10. The maximum Gasteiger partial charge on any atom is 0.165 e. The van der Waals surface area contributed by atoms with Crippen LogP contribution in [0.5, 0.6) is 11.5 Å². The van der Waals surface area contributed by atoms with E-state index in [1.807, 2.05) is 18.2 Å². The number of ether oxygens (including phenoxy) is 2. The second kappa shape index (κ2) is 6.72. The maximum atomic E-state index is 13.6. The van der Waals surface area contributed by atoms with Crippen LogP contribution in [-0.4, -0.2) is 7.11 Å². The minimum atomic E-state index is -0.397. The Balaban J connectivity index is 2.07. The molecule has 0 fully saturated rings. The largest absolute Gasteiger partial charge is 0.494 e. The average Bonchev–Trinajstić information content (AvgIpc) is 2.46. The molecular formula is C15H15BrFNO2. The van der Waals surface area contributed by atoms with Crippen molar-refractivity contribution < 1.29 is 13.9 Å². The van der Waals surface area contributed by atoms with Crippen molar-refractivity contribution in [2.24, 2.45) is 5.73 Å². The number of halogens is 2. The van der Waals surface area contributed by atoms with E-state index in [1.54, 1.807) is 12.1 Å². The third-order valence-electron chi connectivity index (χ3n) is 2.84. The Morgan fingerprint density at radius 2 is 1.80 bits per heavy atom. The minimum Gasteiger partial charge on any atom is -0.494 e. The summed E-state index contributed by atoms with van der Waals surface area (Å²) in [5, 5.41) is 0. The second-order valence-corrected chi connectivity index (χ2v) is 5.08. The number of nitrogens with two attached hydrogens (primary N) is 1. The summed E-state index contributed by atoms with van der Waals surface area (Å²) in [6.07, 6.45) is 0. The average molecular weight is 340 g/mol. The number of hydrogen-bond acceptors (Lipinski definition) is 3. The van der Waals surface area contributed by atoms with Crippen LogP contribution in [0.25, 0.3) is 0 Å². The highest BCUT2D eigenvalue weighted by Crippen LogP contribution is 2.27. The van der Waals surface area contributed by atoms with Crippen LogP contribution in [0.4, 0.5) is 4.39 Å². The van der Waals surface area contributed by atoms with Crippen LogP contribution < -0.4 is 15.2 Å². The molecule has 0 unspecified atom stereocenters. The molecule has 0 saturated heterocycles. The zero-order valence-electron chi connectivity index (χ0n) is 11.0. The summed E-state index contributed by atoms with van der Waals surface area (Å²) in [5.74, 6) is 0.520. The van der Waals surface area contributed by atoms with Crippen molar-refractivity contribution >= 4 is 15.9 Å². The fraction of sp³-hybridized carbons (Fsp3) is 0.200. The fourth-order valence-electron chi connectivity index (χ4n) is 1.75. The van der Waals surface area contributed by atoms with Gasteiger partial charge in [0.15, 0.2) is 11.6 Å². The molecule has 3 nitrogen and oxygen atoms in total. The predicted molar refractivity (Wildman–Crippen MR) is 79.3 cm³/mol. The van der Waals surface area contributed by atoms with Gasteiger partial charge in [-0.3, -0.25) is 0 Å². The van der Waals surface area contributed by atoms with E-state index in [9.17, 15) is 4.39 Å². The Kier molecular flexibility index (Phi) is 4.98. The summed E-state index contributed by atoms with van der Waals surface area (Å²) in [4.78, 5) is 0. The third-order valence-corrected chi connectivity index (χ3v) is 3.46. The van der Waals surface area contributed by atoms with Crippen LogP contribution >= 0.6 is 15.9 Å². The summed E-state index contributed by atoms with van der Waals surface area (Å²) in [6, 6.07) is 10.4. The van der Waals surface area contributed by atoms with Gasteiger partial charge in [-0.05, 0) is 51.3 Å². The zero-order chi connectivity index (χ0) is 14.5. The lowest BCUT2D eigenvalue weighted by molar-refractivity contribution is 0.302. The normalized spacial score (nSPS) is 10.4. The lowest BCUT2D eigenvalue weighted by atomic mass is 10.2. The molecule has 0 aliphatic carbocycles. The summed E-state index contributed by atoms with van der Waals surface area (Å²) in [6.45, 7) is 0.754. The summed E-state index contributed by atoms with van der Waals surface area (Å²) >= 11 is 3.42. The van der Waals surface area contributed by atoms with Gasteiger partial charge in [-0.15, -0.1) is 0 Å². The van der Waals surface area contributed by atoms with Crippen molar-refractivity contribution in [3.63, 3.8) is 0 Å². The predicted octanol–water partition coefficient (Wildman–Crippen LogP) is 3.63. The van der Waals surface area contributed by atoms with Crippen molar-refractivity contribution in [2.45, 2.75) is 13.2 Å². The molecule has 0 saturated carbocycles. The van der Waals surface area contributed by atoms with Crippen LogP contribution in [0.3, 0.4) is 0 Å². The van der Waals surface area contributed by atoms with E-state index in [-0.39, 0.29) is 12.4 Å². The Morgan fingerprint density at radius 3 is 2.40 bits per heavy atom. The van der Waals surface area contributed by atoms with E-state index in [0.29, 0.717) is 12.3 Å². The highest BCUT2D eigenvalue weighted by atomic mass is 79.9. The summed E-state index contributed by atoms with van der Waals surface area (Å²) in [5.41, 5.74) is 7.31. The molecule has 0 aliphatic rings. The zero-order valence-corrected chi connectivity index (χ0v) is 12.6. The topological polar surface area (TPSA) is 44.5 Å². The number of methoxy groups -OCH3 is 1. The Bertz CT molecular complexity index is 604. The molecule has 0 spiro atoms. The first-order valence-electron chi connectivity index (χ1n) is 6.07. The van der Waals surface area contributed by atoms with E-state index in [0.717, 1.165) is 15.6 Å². The van der Waals surface area contributed by atoms with Crippen molar-refractivity contribution in [1.29, 1.82) is 0 Å². The molecule has 0 aliphatic heterocycles. The van der Waals surface area contributed by atoms with Crippen LogP contribution in [0.1, 0.15) is 11.1 Å². The molecule has 106 valence electrons. The molecule has 2 aromatic carbocycles. The molecule has 2 aromatic rings. The highest BCUT2D eigenvalue weighted by Gasteiger charge is 2.06. The first kappa shape index (κ1) is 14.8. The maximum absolute atomic E-state index is 13.6. The van der Waals surface area contributed by atoms with E-state index in [1.165, 1.54) is 13.2 Å². The Morgan fingerprint density at radius 1 is 1.10 bits per heavy atom. The van der Waals surface area contributed by atoms with Gasteiger partial charge in [-0.25, -0.2) is 4.39 Å². The number of hydrogen-bond donors (Lipinski definition) is 1. The van der Waals surface area contributed by atoms with Gasteiger partial charge in [0.1, 0.15) is 12.4 Å². The monoisotopic (exact) mass is 339 g/mol. The lowest BCUT2D eigenvalue weighted by Crippen LogP contribution is -2.00. The molecule has 0 amide bonds. The molecule has 2 N–H and O–H groups in total. The standard InChI is InChI=1S/C15H15BrFNO2/c1-19-15-5-3-11(7-13(15)17)9-20-14-4-2-10(8-18)6-12(14)16/h2-7H,8-9,18H2,1H3. The SMILES string of the molecule is COc1ccc(COc2ccc(CN)cc2Br)cc1F. The van der Waals surface area contributed by atoms with Crippen LogP contribution in [0.15, 0.2) is 40.9 Å². The van der Waals surface area contributed by atoms with Gasteiger partial charge in [0.05, 0.1) is 11.6 Å². The van der Waals surface area contributed by atoms with Crippen LogP contribution in [0, 0.1) is 5.82 Å². The highest BCUT2D eigenvalue weighted by molar-refractivity contribution is 9.10. The van der Waals surface area contributed by atoms with Gasteiger partial charge in [-0.2, -0.15) is 0 Å². The first-order valence-corrected chi connectivity index (χ1v) is 6.87. The van der Waals surface area contributed by atoms with Gasteiger partial charge in [0.2, 0.25) is 0 Å². The van der Waals surface area contributed by atoms with Crippen molar-refractivity contribution in [3.8, 4) is 11.5 Å². The smallest absolute Gasteiger partial charge is 0.165 e. The number of benzene rings is 2. The number of rotatable bonds is 5. The van der Waals surface area contributed by atoms with Gasteiger partial charge in [0, 0.05) is 6.54 Å². The first-order chi connectivity index (χ1) is 9.63. The summed E-state index contributed by atoms with van der Waals surface area (Å²) < 4.78 is 24.9. The molecule has 2 rings (SSSR count). The van der Waals surface area contributed by atoms with Crippen molar-refractivity contribution in [3.05, 3.63) is 57.8 Å². The van der Waals surface area contributed by atoms with Gasteiger partial charge in [-0.1, -0.05) is 12.1 Å². The Hall–Kier alpha value is -1.59. The van der Waals surface area contributed by atoms with Crippen LogP contribution in [-0.2, 0) is 13.2 Å². The minimum absolute atomic E-state index is 0.224. The molecule has 0 radical (unpaired) electrons. The van der Waals surface area contributed by atoms with Gasteiger partial charge >= 0.3 is 0 Å². The molecule has 5 heteroatoms. The van der Waals surface area contributed by atoms with E-state index in [4.69, 9.17) is 15.2 Å². The van der Waals surface area contributed by atoms with E-state index in [2.05, 4.69) is 15.9 Å². The quantitative estimate of drug-likeness (QED) is 0.904. The molecule has 0 heterocycles.